The molecule has 2 aliphatic rings. The van der Waals surface area contributed by atoms with Gasteiger partial charge in [-0.1, -0.05) is 17.7 Å². The van der Waals surface area contributed by atoms with Crippen molar-refractivity contribution < 1.29 is 23.1 Å². The van der Waals surface area contributed by atoms with Gasteiger partial charge in [-0.3, -0.25) is 4.79 Å². The van der Waals surface area contributed by atoms with Gasteiger partial charge in [-0.2, -0.15) is 0 Å². The van der Waals surface area contributed by atoms with E-state index in [-0.39, 0.29) is 36.8 Å². The van der Waals surface area contributed by atoms with E-state index in [2.05, 4.69) is 4.72 Å². The highest BCUT2D eigenvalue weighted by Crippen LogP contribution is 2.38. The number of aliphatic hydroxyl groups is 1. The second-order valence-electron chi connectivity index (χ2n) is 7.39. The van der Waals surface area contributed by atoms with Crippen molar-refractivity contribution in [2.24, 2.45) is 11.8 Å². The number of fused-ring (bicyclic) bond motifs is 1. The Balaban J connectivity index is 1.54. The first-order valence-electron chi connectivity index (χ1n) is 9.04. The van der Waals surface area contributed by atoms with E-state index < -0.39 is 16.1 Å². The molecule has 1 saturated heterocycles. The van der Waals surface area contributed by atoms with E-state index in [1.165, 1.54) is 0 Å². The van der Waals surface area contributed by atoms with Crippen molar-refractivity contribution in [1.29, 1.82) is 0 Å². The summed E-state index contributed by atoms with van der Waals surface area (Å²) in [5.74, 6) is 1.07. The molecule has 0 unspecified atom stereocenters. The van der Waals surface area contributed by atoms with Gasteiger partial charge in [0.15, 0.2) is 0 Å². The van der Waals surface area contributed by atoms with Crippen molar-refractivity contribution in [3.05, 3.63) is 29.3 Å². The molecule has 2 N–H and O–H groups in total. The second kappa shape index (κ2) is 8.34. The van der Waals surface area contributed by atoms with Crippen LogP contribution in [0, 0.1) is 11.8 Å². The lowest BCUT2D eigenvalue weighted by Gasteiger charge is -2.35. The lowest BCUT2D eigenvalue weighted by Crippen LogP contribution is -2.42. The number of carbonyl (C=O) groups is 1. The van der Waals surface area contributed by atoms with Crippen LogP contribution in [0.3, 0.4) is 0 Å². The van der Waals surface area contributed by atoms with Gasteiger partial charge in [0.05, 0.1) is 12.4 Å². The molecule has 150 valence electrons. The first kappa shape index (κ1) is 20.4. The predicted octanol–water partition coefficient (Wildman–Crippen LogP) is 1.26. The van der Waals surface area contributed by atoms with E-state index in [0.29, 0.717) is 36.7 Å². The van der Waals surface area contributed by atoms with Crippen molar-refractivity contribution in [3.63, 3.8) is 0 Å². The highest BCUT2D eigenvalue weighted by molar-refractivity contribution is 7.88. The van der Waals surface area contributed by atoms with E-state index in [1.54, 1.807) is 23.1 Å². The summed E-state index contributed by atoms with van der Waals surface area (Å²) in [6.07, 6.45) is 1.55. The number of rotatable bonds is 6. The number of halogens is 1. The second-order valence-corrected chi connectivity index (χ2v) is 9.66. The van der Waals surface area contributed by atoms with Crippen molar-refractivity contribution in [3.8, 4) is 5.75 Å². The largest absolute Gasteiger partial charge is 0.488 e. The number of amides is 1. The van der Waals surface area contributed by atoms with E-state index in [9.17, 15) is 18.3 Å². The summed E-state index contributed by atoms with van der Waals surface area (Å²) in [5, 5.41) is 11.0. The number of sulfonamides is 1. The zero-order valence-corrected chi connectivity index (χ0v) is 16.7. The summed E-state index contributed by atoms with van der Waals surface area (Å²) in [6.45, 7) is 1.32. The molecule has 0 bridgehead atoms. The molecule has 2 fully saturated rings. The normalized spacial score (nSPS) is 28.0. The quantitative estimate of drug-likeness (QED) is 0.727. The van der Waals surface area contributed by atoms with Gasteiger partial charge in [-0.15, -0.1) is 0 Å². The van der Waals surface area contributed by atoms with Gasteiger partial charge in [0.2, 0.25) is 15.9 Å². The van der Waals surface area contributed by atoms with Crippen LogP contribution in [0.5, 0.6) is 5.75 Å². The average Bonchev–Trinajstić information content (AvgIpc) is 2.97. The molecule has 1 heterocycles. The molecular formula is C18H25ClN2O5S. The maximum Gasteiger partial charge on any atom is 0.223 e. The molecule has 1 aromatic carbocycles. The topological polar surface area (TPSA) is 95.9 Å². The highest BCUT2D eigenvalue weighted by atomic mass is 35.5. The number of hydrogen-bond acceptors (Lipinski definition) is 5. The molecule has 9 heteroatoms. The molecular weight excluding hydrogens is 392 g/mol. The van der Waals surface area contributed by atoms with Crippen molar-refractivity contribution in [2.45, 2.75) is 31.5 Å². The molecule has 0 spiro atoms. The number of nitrogens with one attached hydrogen (secondary N) is 1. The first-order chi connectivity index (χ1) is 12.7. The van der Waals surface area contributed by atoms with Crippen LogP contribution in [0.25, 0.3) is 0 Å². The number of hydrogen-bond donors (Lipinski definition) is 2. The Morgan fingerprint density at radius 2 is 2.04 bits per heavy atom. The Labute approximate surface area is 164 Å². The minimum absolute atomic E-state index is 0.0673. The molecule has 3 rings (SSSR count). The predicted molar refractivity (Wildman–Crippen MR) is 102 cm³/mol. The molecule has 27 heavy (non-hydrogen) atoms. The molecule has 1 amide bonds. The summed E-state index contributed by atoms with van der Waals surface area (Å²) in [7, 11) is -3.29. The van der Waals surface area contributed by atoms with E-state index >= 15 is 0 Å². The molecule has 4 atom stereocenters. The van der Waals surface area contributed by atoms with Crippen LogP contribution in [0.1, 0.15) is 19.3 Å². The summed E-state index contributed by atoms with van der Waals surface area (Å²) in [5.41, 5.74) is 0. The first-order valence-corrected chi connectivity index (χ1v) is 11.3. The third kappa shape index (κ3) is 5.57. The highest BCUT2D eigenvalue weighted by Gasteiger charge is 2.43. The van der Waals surface area contributed by atoms with Gasteiger partial charge in [0.1, 0.15) is 11.9 Å². The Kier molecular flexibility index (Phi) is 6.30. The van der Waals surface area contributed by atoms with Gasteiger partial charge in [0.25, 0.3) is 0 Å². The number of benzene rings is 1. The van der Waals surface area contributed by atoms with E-state index in [0.717, 1.165) is 6.26 Å². The lowest BCUT2D eigenvalue weighted by atomic mass is 9.78. The smallest absolute Gasteiger partial charge is 0.223 e. The van der Waals surface area contributed by atoms with E-state index in [4.69, 9.17) is 16.3 Å². The number of carbonyl (C=O) groups excluding carboxylic acids is 1. The van der Waals surface area contributed by atoms with Crippen molar-refractivity contribution in [1.82, 2.24) is 9.62 Å². The van der Waals surface area contributed by atoms with Crippen LogP contribution < -0.4 is 9.46 Å². The fourth-order valence-corrected chi connectivity index (χ4v) is 4.59. The SMILES string of the molecule is CS(=O)(=O)NCCC(=O)N1C[C@H]2C[C@@H](Oc3cccc(Cl)c3)[C@H](O)C[C@H]2C1. The minimum Gasteiger partial charge on any atom is -0.488 e. The molecule has 1 aliphatic carbocycles. The summed E-state index contributed by atoms with van der Waals surface area (Å²) >= 11 is 5.98. The fraction of sp³-hybridized carbons (Fsp3) is 0.611. The van der Waals surface area contributed by atoms with Gasteiger partial charge in [-0.25, -0.2) is 13.1 Å². The molecule has 1 aliphatic heterocycles. The van der Waals surface area contributed by atoms with Gasteiger partial charge in [0, 0.05) is 31.1 Å². The van der Waals surface area contributed by atoms with Crippen LogP contribution in [-0.4, -0.2) is 62.4 Å². The zero-order chi connectivity index (χ0) is 19.6. The average molecular weight is 417 g/mol. The molecule has 7 nitrogen and oxygen atoms in total. The maximum atomic E-state index is 12.3. The molecule has 1 aromatic rings. The number of likely N-dealkylation sites (tertiary alicyclic amines) is 1. The van der Waals surface area contributed by atoms with Crippen LogP contribution in [0.4, 0.5) is 0 Å². The Hall–Kier alpha value is -1.35. The van der Waals surface area contributed by atoms with Gasteiger partial charge >= 0.3 is 0 Å². The fourth-order valence-electron chi connectivity index (χ4n) is 3.94. The third-order valence-electron chi connectivity index (χ3n) is 5.22. The monoisotopic (exact) mass is 416 g/mol. The van der Waals surface area contributed by atoms with Crippen LogP contribution in [-0.2, 0) is 14.8 Å². The van der Waals surface area contributed by atoms with Gasteiger partial charge < -0.3 is 14.7 Å². The van der Waals surface area contributed by atoms with Crippen molar-refractivity contribution >= 4 is 27.5 Å². The van der Waals surface area contributed by atoms with Crippen LogP contribution in [0.2, 0.25) is 5.02 Å². The maximum absolute atomic E-state index is 12.3. The summed E-state index contributed by atoms with van der Waals surface area (Å²) in [4.78, 5) is 14.1. The number of nitrogens with zero attached hydrogens (tertiary/aromatic N) is 1. The molecule has 0 radical (unpaired) electrons. The number of aliphatic hydroxyl groups excluding tert-OH is 1. The zero-order valence-electron chi connectivity index (χ0n) is 15.2. The Bertz CT molecular complexity index is 788. The van der Waals surface area contributed by atoms with E-state index in [1.807, 2.05) is 6.07 Å². The van der Waals surface area contributed by atoms with Gasteiger partial charge in [-0.05, 0) is 42.9 Å². The lowest BCUT2D eigenvalue weighted by molar-refractivity contribution is -0.130. The Morgan fingerprint density at radius 1 is 1.33 bits per heavy atom. The molecule has 0 aromatic heterocycles. The molecule has 1 saturated carbocycles. The standard InChI is InChI=1S/C18H25ClN2O5S/c1-27(24,25)20-6-5-18(23)21-10-12-7-16(22)17(8-13(12)11-21)26-15-4-2-3-14(19)9-15/h2-4,9,12-13,16-17,20,22H,5-8,10-11H2,1H3/t12-,13+,16+,17+/m0/s1. The third-order valence-corrected chi connectivity index (χ3v) is 6.19. The number of ether oxygens (including phenoxy) is 1. The summed E-state index contributed by atoms with van der Waals surface area (Å²) in [6, 6.07) is 7.10. The minimum atomic E-state index is -3.29. The van der Waals surface area contributed by atoms with Crippen LogP contribution in [0.15, 0.2) is 24.3 Å². The van der Waals surface area contributed by atoms with Crippen molar-refractivity contribution in [2.75, 3.05) is 25.9 Å². The van der Waals surface area contributed by atoms with Crippen LogP contribution >= 0.6 is 11.6 Å². The Morgan fingerprint density at radius 3 is 2.70 bits per heavy atom. The summed E-state index contributed by atoms with van der Waals surface area (Å²) < 4.78 is 30.5.